The molecule has 1 aliphatic carbocycles. The molecule has 0 bridgehead atoms. The average Bonchev–Trinajstić information content (AvgIpc) is 2.30. The van der Waals surface area contributed by atoms with Gasteiger partial charge in [-0.3, -0.25) is 9.59 Å². The summed E-state index contributed by atoms with van der Waals surface area (Å²) in [6.45, 7) is 1.67. The Morgan fingerprint density at radius 2 is 1.71 bits per heavy atom. The number of ether oxygens (including phenoxy) is 2. The number of hydrogen-bond acceptors (Lipinski definition) is 4. The maximum absolute atomic E-state index is 11.4. The van der Waals surface area contributed by atoms with Gasteiger partial charge in [0.2, 0.25) is 6.79 Å². The van der Waals surface area contributed by atoms with Crippen molar-refractivity contribution in [3.8, 4) is 0 Å². The molecule has 0 aliphatic heterocycles. The molecule has 4 nitrogen and oxygen atoms in total. The van der Waals surface area contributed by atoms with Gasteiger partial charge in [0.1, 0.15) is 0 Å². The Hall–Kier alpha value is -1.06. The van der Waals surface area contributed by atoms with E-state index in [1.165, 1.54) is 19.3 Å². The smallest absolute Gasteiger partial charge is 0.308 e. The third kappa shape index (κ3) is 6.29. The quantitative estimate of drug-likeness (QED) is 0.531. The molecule has 98 valence electrons. The minimum absolute atomic E-state index is 0.232. The average molecular weight is 242 g/mol. The first-order valence-electron chi connectivity index (χ1n) is 6.53. The van der Waals surface area contributed by atoms with E-state index in [4.69, 9.17) is 9.47 Å². The van der Waals surface area contributed by atoms with E-state index in [2.05, 4.69) is 0 Å². The van der Waals surface area contributed by atoms with Crippen LogP contribution in [0.3, 0.4) is 0 Å². The van der Waals surface area contributed by atoms with E-state index >= 15 is 0 Å². The molecule has 0 spiro atoms. The van der Waals surface area contributed by atoms with Crippen molar-refractivity contribution >= 4 is 11.9 Å². The molecule has 0 atom stereocenters. The van der Waals surface area contributed by atoms with Crippen molar-refractivity contribution in [1.82, 2.24) is 0 Å². The summed E-state index contributed by atoms with van der Waals surface area (Å²) in [6, 6.07) is 0. The Kier molecular flexibility index (Phi) is 6.67. The molecule has 17 heavy (non-hydrogen) atoms. The molecule has 0 amide bonds. The first-order chi connectivity index (χ1) is 8.22. The second kappa shape index (κ2) is 8.09. The van der Waals surface area contributed by atoms with Crippen LogP contribution in [0.5, 0.6) is 0 Å². The first-order valence-corrected chi connectivity index (χ1v) is 6.53. The van der Waals surface area contributed by atoms with Gasteiger partial charge in [-0.1, -0.05) is 26.2 Å². The fourth-order valence-electron chi connectivity index (χ4n) is 2.12. The van der Waals surface area contributed by atoms with E-state index in [-0.39, 0.29) is 18.7 Å². The summed E-state index contributed by atoms with van der Waals surface area (Å²) in [6.07, 6.45) is 7.52. The van der Waals surface area contributed by atoms with E-state index < -0.39 is 0 Å². The second-order valence-electron chi connectivity index (χ2n) is 4.61. The van der Waals surface area contributed by atoms with Crippen molar-refractivity contribution < 1.29 is 19.1 Å². The van der Waals surface area contributed by atoms with Crippen LogP contribution in [0.15, 0.2) is 0 Å². The molecular weight excluding hydrogens is 220 g/mol. The lowest BCUT2D eigenvalue weighted by Crippen LogP contribution is -2.17. The summed E-state index contributed by atoms with van der Waals surface area (Å²) < 4.78 is 9.64. The lowest BCUT2D eigenvalue weighted by Gasteiger charge is -2.20. The molecule has 0 aromatic carbocycles. The van der Waals surface area contributed by atoms with Gasteiger partial charge in [0.25, 0.3) is 0 Å². The van der Waals surface area contributed by atoms with Crippen LogP contribution in [0.2, 0.25) is 0 Å². The highest BCUT2D eigenvalue weighted by Crippen LogP contribution is 2.26. The zero-order valence-electron chi connectivity index (χ0n) is 10.6. The number of esters is 2. The third-order valence-corrected chi connectivity index (χ3v) is 3.07. The number of carbonyl (C=O) groups excluding carboxylic acids is 2. The molecule has 0 radical (unpaired) electrons. The summed E-state index contributed by atoms with van der Waals surface area (Å²) in [5.41, 5.74) is 0. The minimum Gasteiger partial charge on any atom is -0.428 e. The molecule has 0 unspecified atom stereocenters. The fourth-order valence-corrected chi connectivity index (χ4v) is 2.12. The topological polar surface area (TPSA) is 52.6 Å². The lowest BCUT2D eigenvalue weighted by atomic mass is 9.87. The van der Waals surface area contributed by atoms with E-state index in [0.29, 0.717) is 18.8 Å². The Bertz CT molecular complexity index is 244. The predicted octanol–water partition coefficient (Wildman–Crippen LogP) is 2.80. The molecule has 0 heterocycles. The standard InChI is InChI=1S/C13H22O4/c1-2-6-12(14)16-10-17-13(15)9-11-7-4-3-5-8-11/h11H,2-10H2,1H3. The van der Waals surface area contributed by atoms with Crippen molar-refractivity contribution in [1.29, 1.82) is 0 Å². The maximum atomic E-state index is 11.4. The van der Waals surface area contributed by atoms with E-state index in [9.17, 15) is 9.59 Å². The van der Waals surface area contributed by atoms with Gasteiger partial charge in [-0.25, -0.2) is 0 Å². The molecule has 1 rings (SSSR count). The van der Waals surface area contributed by atoms with Gasteiger partial charge in [0, 0.05) is 12.8 Å². The Morgan fingerprint density at radius 3 is 2.35 bits per heavy atom. The summed E-state index contributed by atoms with van der Waals surface area (Å²) in [5, 5.41) is 0. The van der Waals surface area contributed by atoms with Crippen molar-refractivity contribution in [3.05, 3.63) is 0 Å². The first kappa shape index (κ1) is 14.0. The van der Waals surface area contributed by atoms with Gasteiger partial charge >= 0.3 is 11.9 Å². The van der Waals surface area contributed by atoms with Crippen LogP contribution in [0.4, 0.5) is 0 Å². The van der Waals surface area contributed by atoms with E-state index in [1.54, 1.807) is 0 Å². The number of carbonyl (C=O) groups is 2. The van der Waals surface area contributed by atoms with Gasteiger partial charge in [-0.15, -0.1) is 0 Å². The van der Waals surface area contributed by atoms with Crippen LogP contribution >= 0.6 is 0 Å². The van der Waals surface area contributed by atoms with Crippen molar-refractivity contribution in [2.45, 2.75) is 58.3 Å². The van der Waals surface area contributed by atoms with Crippen molar-refractivity contribution in [2.24, 2.45) is 5.92 Å². The number of rotatable bonds is 6. The van der Waals surface area contributed by atoms with E-state index in [1.807, 2.05) is 6.92 Å². The van der Waals surface area contributed by atoms with E-state index in [0.717, 1.165) is 19.3 Å². The lowest BCUT2D eigenvalue weighted by molar-refractivity contribution is -0.167. The monoisotopic (exact) mass is 242 g/mol. The van der Waals surface area contributed by atoms with Gasteiger partial charge < -0.3 is 9.47 Å². The third-order valence-electron chi connectivity index (χ3n) is 3.07. The Labute approximate surface area is 103 Å². The van der Waals surface area contributed by atoms with Crippen LogP contribution in [-0.4, -0.2) is 18.7 Å². The second-order valence-corrected chi connectivity index (χ2v) is 4.61. The molecule has 1 fully saturated rings. The molecule has 1 aliphatic rings. The molecule has 0 aromatic heterocycles. The van der Waals surface area contributed by atoms with Gasteiger partial charge in [-0.2, -0.15) is 0 Å². The van der Waals surface area contributed by atoms with Gasteiger partial charge in [-0.05, 0) is 25.2 Å². The Morgan fingerprint density at radius 1 is 1.06 bits per heavy atom. The van der Waals surface area contributed by atoms with Crippen LogP contribution in [0.25, 0.3) is 0 Å². The van der Waals surface area contributed by atoms with Gasteiger partial charge in [0.05, 0.1) is 0 Å². The zero-order valence-corrected chi connectivity index (χ0v) is 10.6. The number of hydrogen-bond donors (Lipinski definition) is 0. The summed E-state index contributed by atoms with van der Waals surface area (Å²) in [4.78, 5) is 22.4. The molecule has 4 heteroatoms. The van der Waals surface area contributed by atoms with Crippen molar-refractivity contribution in [2.75, 3.05) is 6.79 Å². The summed E-state index contributed by atoms with van der Waals surface area (Å²) in [5.74, 6) is -0.0956. The maximum Gasteiger partial charge on any atom is 0.308 e. The normalized spacial score (nSPS) is 16.5. The molecular formula is C13H22O4. The summed E-state index contributed by atoms with van der Waals surface area (Å²) in [7, 11) is 0. The van der Waals surface area contributed by atoms with Crippen LogP contribution in [-0.2, 0) is 19.1 Å². The molecule has 1 saturated carbocycles. The fraction of sp³-hybridized carbons (Fsp3) is 0.846. The molecule has 0 saturated heterocycles. The van der Waals surface area contributed by atoms with Crippen LogP contribution in [0, 0.1) is 5.92 Å². The van der Waals surface area contributed by atoms with Crippen LogP contribution in [0.1, 0.15) is 58.3 Å². The Balaban J connectivity index is 2.06. The van der Waals surface area contributed by atoms with Gasteiger partial charge in [0.15, 0.2) is 0 Å². The van der Waals surface area contributed by atoms with Crippen LogP contribution < -0.4 is 0 Å². The SMILES string of the molecule is CCCC(=O)OCOC(=O)CC1CCCCC1. The highest BCUT2D eigenvalue weighted by molar-refractivity contribution is 5.71. The predicted molar refractivity (Wildman–Crippen MR) is 63.2 cm³/mol. The van der Waals surface area contributed by atoms with Crippen molar-refractivity contribution in [3.63, 3.8) is 0 Å². The minimum atomic E-state index is -0.307. The highest BCUT2D eigenvalue weighted by atomic mass is 16.7. The summed E-state index contributed by atoms with van der Waals surface area (Å²) >= 11 is 0. The molecule has 0 N–H and O–H groups in total. The highest BCUT2D eigenvalue weighted by Gasteiger charge is 2.17. The molecule has 0 aromatic rings. The zero-order chi connectivity index (χ0) is 12.5. The largest absolute Gasteiger partial charge is 0.428 e.